The molecule has 0 spiro atoms. The fourth-order valence-corrected chi connectivity index (χ4v) is 19.6. The minimum absolute atomic E-state index is 1.37. The lowest BCUT2D eigenvalue weighted by Crippen LogP contribution is -2.50. The largest absolute Gasteiger partial charge is 0.790 e. The summed E-state index contributed by atoms with van der Waals surface area (Å²) in [6, 6.07) is 0. The van der Waals surface area contributed by atoms with E-state index in [9.17, 15) is 0 Å². The Kier molecular flexibility index (Phi) is 112. The van der Waals surface area contributed by atoms with Crippen molar-refractivity contribution in [1.82, 2.24) is 0 Å². The van der Waals surface area contributed by atoms with Crippen LogP contribution in [0, 0.1) is 0 Å². The number of nitrogens with zero attached hydrogens (tertiary/aromatic N) is 2. The van der Waals surface area contributed by atoms with Gasteiger partial charge in [-0.1, -0.05) is 569 Å². The van der Waals surface area contributed by atoms with Gasteiger partial charge in [-0.2, -0.15) is 0 Å². The van der Waals surface area contributed by atoms with Crippen LogP contribution in [0.4, 0.5) is 0 Å². The maximum Gasteiger partial charge on any atom is 0.0786 e. The van der Waals surface area contributed by atoms with Gasteiger partial charge in [0, 0.05) is 0 Å². The number of unbranched alkanes of at least 4 members (excludes halogenated alkanes) is 88. The van der Waals surface area contributed by atoms with Crippen LogP contribution >= 0.6 is 7.82 Å². The second-order valence-corrected chi connectivity index (χ2v) is 41.0. The first-order valence-electron chi connectivity index (χ1n) is 56.9. The second-order valence-electron chi connectivity index (χ2n) is 40.1. The average Bonchev–Trinajstić information content (AvgIpc) is 0.875. The third kappa shape index (κ3) is 110. The molecule has 0 saturated carbocycles. The molecule has 0 saturated heterocycles. The highest BCUT2D eigenvalue weighted by atomic mass is 31.2. The Morgan fingerprint density at radius 2 is 0.185 bits per heavy atom. The van der Waals surface area contributed by atoms with E-state index in [-0.39, 0.29) is 0 Å². The summed E-state index contributed by atoms with van der Waals surface area (Å²) in [6.45, 7) is 30.6. The van der Waals surface area contributed by atoms with Gasteiger partial charge in [-0.3, -0.25) is 0 Å². The van der Waals surface area contributed by atoms with E-state index in [4.69, 9.17) is 19.2 Å². The minimum Gasteiger partial charge on any atom is -0.790 e. The predicted molar refractivity (Wildman–Crippen MR) is 538 cm³/mol. The molecular formula is C112H233N2O4P. The van der Waals surface area contributed by atoms with E-state index >= 15 is 0 Å². The van der Waals surface area contributed by atoms with Crippen LogP contribution in [0.3, 0.4) is 0 Å². The maximum atomic E-state index is 8.66. The van der Waals surface area contributed by atoms with Crippen LogP contribution in [-0.4, -0.2) is 66.2 Å². The van der Waals surface area contributed by atoms with Gasteiger partial charge in [-0.25, -0.2) is 0 Å². The fraction of sp³-hybridized carbons (Fsp3) is 1.00. The summed E-state index contributed by atoms with van der Waals surface area (Å²) in [5.74, 6) is 0. The number of phosphoric acid groups is 1. The zero-order valence-corrected chi connectivity index (χ0v) is 85.4. The summed E-state index contributed by atoms with van der Waals surface area (Å²) in [4.78, 5) is 24.3. The highest BCUT2D eigenvalue weighted by molar-refractivity contribution is 7.42. The molecule has 0 atom stereocenters. The van der Waals surface area contributed by atoms with Crippen molar-refractivity contribution in [3.05, 3.63) is 0 Å². The Labute approximate surface area is 755 Å². The van der Waals surface area contributed by atoms with Gasteiger partial charge in [-0.15, -0.1) is 0 Å². The molecule has 7 heteroatoms. The Balaban J connectivity index is -0.00000214. The maximum absolute atomic E-state index is 8.66. The van der Waals surface area contributed by atoms with Gasteiger partial charge in [0.05, 0.1) is 60.2 Å². The van der Waals surface area contributed by atoms with Gasteiger partial charge in [0.15, 0.2) is 0 Å². The lowest BCUT2D eigenvalue weighted by atomic mass is 10.0. The molecule has 0 aliphatic carbocycles. The van der Waals surface area contributed by atoms with Crippen molar-refractivity contribution in [2.75, 3.05) is 52.4 Å². The lowest BCUT2D eigenvalue weighted by molar-refractivity contribution is -0.929. The van der Waals surface area contributed by atoms with Gasteiger partial charge in [0.2, 0.25) is 0 Å². The average molecular weight is 1700 g/mol. The monoisotopic (exact) mass is 1700 g/mol. The zero-order valence-electron chi connectivity index (χ0n) is 84.6. The van der Waals surface area contributed by atoms with Gasteiger partial charge in [0.25, 0.3) is 0 Å². The van der Waals surface area contributed by atoms with Crippen LogP contribution in [0.25, 0.3) is 0 Å². The third-order valence-electron chi connectivity index (χ3n) is 27.9. The second kappa shape index (κ2) is 109. The summed E-state index contributed by atoms with van der Waals surface area (Å²) >= 11 is 0. The summed E-state index contributed by atoms with van der Waals surface area (Å²) < 4.78 is 11.6. The molecular weight excluding hydrogens is 1470 g/mol. The minimum atomic E-state index is -5.14. The standard InChI is InChI=1S/2C56H116N.H3O4P/c2*1-5-9-13-17-21-25-29-33-37-41-45-49-53-57(54-50-46-42-38-34-30-26-22-18-14-10-6-2,55-51-47-43-39-35-31-27-23-19-15-11-7-3)56-52-48-44-40-36-32-28-24-20-16-12-8-4;1-5(2,3)4/h2*5-56H2,1-4H3;(H3,1,2,3,4)/q2*+1;/p-2. The van der Waals surface area contributed by atoms with E-state index in [1.807, 2.05) is 0 Å². The van der Waals surface area contributed by atoms with Crippen LogP contribution in [0.2, 0.25) is 0 Å². The van der Waals surface area contributed by atoms with Gasteiger partial charge in [0.1, 0.15) is 0 Å². The van der Waals surface area contributed by atoms with Gasteiger partial charge >= 0.3 is 0 Å². The predicted octanol–water partition coefficient (Wildman–Crippen LogP) is 39.0. The molecule has 0 aromatic heterocycles. The zero-order chi connectivity index (χ0) is 87.0. The first-order valence-corrected chi connectivity index (χ1v) is 58.4. The molecule has 0 heterocycles. The highest BCUT2D eigenvalue weighted by Crippen LogP contribution is 2.27. The van der Waals surface area contributed by atoms with Crippen molar-refractivity contribution in [3.63, 3.8) is 0 Å². The molecule has 0 radical (unpaired) electrons. The van der Waals surface area contributed by atoms with Crippen molar-refractivity contribution in [2.24, 2.45) is 0 Å². The highest BCUT2D eigenvalue weighted by Gasteiger charge is 2.28. The van der Waals surface area contributed by atoms with Gasteiger partial charge in [-0.05, 0) is 103 Å². The van der Waals surface area contributed by atoms with E-state index < -0.39 is 7.82 Å². The van der Waals surface area contributed by atoms with Crippen LogP contribution in [0.1, 0.15) is 672 Å². The van der Waals surface area contributed by atoms with E-state index in [0.717, 1.165) is 0 Å². The quantitative estimate of drug-likeness (QED) is 0.0374. The molecule has 1 N–H and O–H groups in total. The van der Waals surface area contributed by atoms with Crippen molar-refractivity contribution in [1.29, 1.82) is 0 Å². The Morgan fingerprint density at radius 1 is 0.134 bits per heavy atom. The van der Waals surface area contributed by atoms with E-state index in [2.05, 4.69) is 55.4 Å². The molecule has 0 aromatic rings. The van der Waals surface area contributed by atoms with Crippen molar-refractivity contribution < 1.29 is 28.2 Å². The van der Waals surface area contributed by atoms with Crippen molar-refractivity contribution >= 4 is 7.82 Å². The molecule has 6 nitrogen and oxygen atoms in total. The van der Waals surface area contributed by atoms with E-state index in [1.165, 1.54) is 678 Å². The molecule has 0 aliphatic heterocycles. The number of quaternary nitrogens is 2. The topological polar surface area (TPSA) is 83.4 Å². The first kappa shape index (κ1) is 123. The Bertz CT molecular complexity index is 1430. The summed E-state index contributed by atoms with van der Waals surface area (Å²) in [7, 11) is -5.14. The lowest BCUT2D eigenvalue weighted by Gasteiger charge is -2.40. The number of hydrogen-bond donors (Lipinski definition) is 1. The Hall–Kier alpha value is 0.0300. The molecule has 0 amide bonds. The number of rotatable bonds is 104. The van der Waals surface area contributed by atoms with Crippen molar-refractivity contribution in [2.45, 2.75) is 672 Å². The normalized spacial score (nSPS) is 12.0. The molecule has 0 aromatic carbocycles. The van der Waals surface area contributed by atoms with Crippen molar-refractivity contribution in [3.8, 4) is 0 Å². The molecule has 119 heavy (non-hydrogen) atoms. The molecule has 0 aliphatic rings. The van der Waals surface area contributed by atoms with E-state index in [0.29, 0.717) is 0 Å². The summed E-state index contributed by atoms with van der Waals surface area (Å²) in [6.07, 6.45) is 141. The van der Waals surface area contributed by atoms with Crippen LogP contribution in [0.15, 0.2) is 0 Å². The number of hydrogen-bond acceptors (Lipinski definition) is 3. The van der Waals surface area contributed by atoms with Crippen LogP contribution in [-0.2, 0) is 4.57 Å². The van der Waals surface area contributed by atoms with Crippen LogP contribution in [0.5, 0.6) is 0 Å². The Morgan fingerprint density at radius 3 is 0.244 bits per heavy atom. The van der Waals surface area contributed by atoms with E-state index in [1.54, 1.807) is 0 Å². The molecule has 0 fully saturated rings. The van der Waals surface area contributed by atoms with Crippen LogP contribution < -0.4 is 9.79 Å². The summed E-state index contributed by atoms with van der Waals surface area (Å²) in [5.41, 5.74) is 0. The molecule has 0 bridgehead atoms. The first-order chi connectivity index (χ1) is 58.5. The molecule has 0 rings (SSSR count). The van der Waals surface area contributed by atoms with Gasteiger partial charge < -0.3 is 28.2 Å². The SMILES string of the molecule is CCCCCCCCCCCCCC[N+](CCCCCCCCCCCCCC)(CCCCCCCCCCCCCC)CCCCCCCCCCCCCC.CCCCCCCCCCCCCC[N+](CCCCCCCCCCCCCC)(CCCCCCCCCCCCCC)CCCCCCCCCCCCCC.O=P([O-])([O-])O. The fourth-order valence-electron chi connectivity index (χ4n) is 19.6. The summed E-state index contributed by atoms with van der Waals surface area (Å²) in [5, 5.41) is 0. The third-order valence-corrected chi connectivity index (χ3v) is 27.9. The molecule has 720 valence electrons. The molecule has 0 unspecified atom stereocenters. The smallest absolute Gasteiger partial charge is 0.0786 e.